The molecule has 2 saturated heterocycles. The van der Waals surface area contributed by atoms with Crippen LogP contribution in [-0.2, 0) is 4.74 Å². The Balaban J connectivity index is 1.66. The van der Waals surface area contributed by atoms with Gasteiger partial charge in [0.25, 0.3) is 0 Å². The zero-order valence-electron chi connectivity index (χ0n) is 14.0. The number of piperidine rings is 1. The van der Waals surface area contributed by atoms with E-state index in [-0.39, 0.29) is 0 Å². The summed E-state index contributed by atoms with van der Waals surface area (Å²) < 4.78 is 5.27. The Morgan fingerprint density at radius 1 is 1.19 bits per heavy atom. The average molecular weight is 296 g/mol. The molecule has 2 fully saturated rings. The Morgan fingerprint density at radius 3 is 2.57 bits per heavy atom. The molecule has 0 spiro atoms. The van der Waals surface area contributed by atoms with Crippen LogP contribution in [-0.4, -0.2) is 76.3 Å². The fourth-order valence-corrected chi connectivity index (χ4v) is 3.47. The van der Waals surface area contributed by atoms with E-state index in [0.29, 0.717) is 5.92 Å². The molecule has 0 bridgehead atoms. The topological polar surface area (TPSA) is 40.1 Å². The molecule has 0 aromatic rings. The maximum Gasteiger partial charge on any atom is 0.193 e. The van der Waals surface area contributed by atoms with Crippen molar-refractivity contribution in [2.75, 3.05) is 60.5 Å². The van der Waals surface area contributed by atoms with Crippen molar-refractivity contribution in [2.24, 2.45) is 16.8 Å². The summed E-state index contributed by atoms with van der Waals surface area (Å²) in [7, 11) is 5.90. The molecule has 1 unspecified atom stereocenters. The van der Waals surface area contributed by atoms with Crippen molar-refractivity contribution >= 4 is 5.96 Å². The number of guanidine groups is 1. The summed E-state index contributed by atoms with van der Waals surface area (Å²) in [6.45, 7) is 6.59. The van der Waals surface area contributed by atoms with Gasteiger partial charge in [-0.25, -0.2) is 0 Å². The molecule has 0 saturated carbocycles. The Morgan fingerprint density at radius 2 is 1.90 bits per heavy atom. The van der Waals surface area contributed by atoms with Gasteiger partial charge in [-0.3, -0.25) is 4.99 Å². The second-order valence-electron chi connectivity index (χ2n) is 6.57. The lowest BCUT2D eigenvalue weighted by molar-refractivity contribution is 0.157. The van der Waals surface area contributed by atoms with Gasteiger partial charge in [0.15, 0.2) is 5.96 Å². The first-order chi connectivity index (χ1) is 10.2. The highest BCUT2D eigenvalue weighted by atomic mass is 16.5. The van der Waals surface area contributed by atoms with Crippen LogP contribution in [0.15, 0.2) is 4.99 Å². The van der Waals surface area contributed by atoms with Crippen LogP contribution in [0, 0.1) is 11.8 Å². The Labute approximate surface area is 129 Å². The van der Waals surface area contributed by atoms with E-state index >= 15 is 0 Å². The summed E-state index contributed by atoms with van der Waals surface area (Å²) in [6, 6.07) is 0. The van der Waals surface area contributed by atoms with Gasteiger partial charge in [-0.15, -0.1) is 0 Å². The number of hydrogen-bond acceptors (Lipinski definition) is 3. The van der Waals surface area contributed by atoms with Gasteiger partial charge in [-0.2, -0.15) is 0 Å². The van der Waals surface area contributed by atoms with Crippen LogP contribution >= 0.6 is 0 Å². The molecule has 0 amide bonds. The third-order valence-electron chi connectivity index (χ3n) is 4.87. The molecule has 0 aliphatic carbocycles. The molecule has 5 heteroatoms. The van der Waals surface area contributed by atoms with Gasteiger partial charge in [0, 0.05) is 39.7 Å². The van der Waals surface area contributed by atoms with E-state index in [0.717, 1.165) is 38.1 Å². The van der Waals surface area contributed by atoms with E-state index in [1.54, 1.807) is 7.11 Å². The molecular weight excluding hydrogens is 264 g/mol. The highest BCUT2D eigenvalue weighted by Gasteiger charge is 2.24. The van der Waals surface area contributed by atoms with Gasteiger partial charge in [0.1, 0.15) is 0 Å². The molecule has 2 rings (SSSR count). The minimum Gasteiger partial charge on any atom is -0.384 e. The van der Waals surface area contributed by atoms with E-state index in [9.17, 15) is 0 Å². The summed E-state index contributed by atoms with van der Waals surface area (Å²) in [5, 5.41) is 3.55. The molecule has 122 valence electrons. The number of rotatable bonds is 5. The van der Waals surface area contributed by atoms with Crippen molar-refractivity contribution in [3.05, 3.63) is 0 Å². The van der Waals surface area contributed by atoms with Crippen molar-refractivity contribution in [1.82, 2.24) is 15.1 Å². The largest absolute Gasteiger partial charge is 0.384 e. The second-order valence-corrected chi connectivity index (χ2v) is 6.57. The number of likely N-dealkylation sites (tertiary alicyclic amines) is 2. The highest BCUT2D eigenvalue weighted by molar-refractivity contribution is 5.80. The van der Waals surface area contributed by atoms with Crippen molar-refractivity contribution in [3.63, 3.8) is 0 Å². The number of hydrogen-bond donors (Lipinski definition) is 1. The molecule has 2 heterocycles. The number of aliphatic imine (C=N–C) groups is 1. The minimum atomic E-state index is 0.655. The molecule has 2 aliphatic rings. The number of nitrogens with zero attached hydrogens (tertiary/aromatic N) is 3. The van der Waals surface area contributed by atoms with E-state index in [1.807, 2.05) is 7.05 Å². The van der Waals surface area contributed by atoms with Crippen molar-refractivity contribution in [1.29, 1.82) is 0 Å². The second kappa shape index (κ2) is 8.59. The van der Waals surface area contributed by atoms with E-state index in [1.165, 1.54) is 38.8 Å². The van der Waals surface area contributed by atoms with Gasteiger partial charge in [0.05, 0.1) is 6.61 Å². The Hall–Kier alpha value is -0.810. The van der Waals surface area contributed by atoms with Gasteiger partial charge in [-0.05, 0) is 51.7 Å². The molecule has 21 heavy (non-hydrogen) atoms. The number of ether oxygens (including phenoxy) is 1. The predicted octanol–water partition coefficient (Wildman–Crippen LogP) is 1.26. The minimum absolute atomic E-state index is 0.655. The lowest BCUT2D eigenvalue weighted by Crippen LogP contribution is -2.41. The maximum atomic E-state index is 5.27. The predicted molar refractivity (Wildman–Crippen MR) is 87.8 cm³/mol. The van der Waals surface area contributed by atoms with Crippen LogP contribution in [0.3, 0.4) is 0 Å². The van der Waals surface area contributed by atoms with Gasteiger partial charge in [-0.1, -0.05) is 0 Å². The summed E-state index contributed by atoms with van der Waals surface area (Å²) in [5.41, 5.74) is 0. The van der Waals surface area contributed by atoms with Crippen LogP contribution in [0.4, 0.5) is 0 Å². The lowest BCUT2D eigenvalue weighted by Gasteiger charge is -2.29. The fraction of sp³-hybridized carbons (Fsp3) is 0.938. The Bertz CT molecular complexity index is 326. The Kier molecular flexibility index (Phi) is 6.77. The zero-order valence-corrected chi connectivity index (χ0v) is 14.0. The summed E-state index contributed by atoms with van der Waals surface area (Å²) in [6.07, 6.45) is 5.17. The smallest absolute Gasteiger partial charge is 0.193 e. The average Bonchev–Trinajstić information content (AvgIpc) is 2.94. The van der Waals surface area contributed by atoms with Crippen LogP contribution in [0.5, 0.6) is 0 Å². The molecular formula is C16H32N4O. The van der Waals surface area contributed by atoms with Crippen LogP contribution in [0.2, 0.25) is 0 Å². The van der Waals surface area contributed by atoms with E-state index in [4.69, 9.17) is 4.74 Å². The normalized spacial score (nSPS) is 25.6. The van der Waals surface area contributed by atoms with Crippen molar-refractivity contribution in [2.45, 2.75) is 25.7 Å². The third kappa shape index (κ3) is 5.15. The summed E-state index contributed by atoms with van der Waals surface area (Å²) in [4.78, 5) is 9.25. The van der Waals surface area contributed by atoms with Gasteiger partial charge >= 0.3 is 0 Å². The fourth-order valence-electron chi connectivity index (χ4n) is 3.47. The van der Waals surface area contributed by atoms with Crippen LogP contribution < -0.4 is 5.32 Å². The zero-order chi connectivity index (χ0) is 15.1. The first-order valence-corrected chi connectivity index (χ1v) is 8.36. The standard InChI is InChI=1S/C16H32N4O/c1-17-16(20-11-7-15(12-20)13-21-3)18-8-4-14-5-9-19(2)10-6-14/h14-15H,4-13H2,1-3H3,(H,17,18). The molecule has 0 aromatic carbocycles. The maximum absolute atomic E-state index is 5.27. The highest BCUT2D eigenvalue weighted by Crippen LogP contribution is 2.19. The quantitative estimate of drug-likeness (QED) is 0.612. The van der Waals surface area contributed by atoms with E-state index < -0.39 is 0 Å². The molecule has 0 aromatic heterocycles. The first-order valence-electron chi connectivity index (χ1n) is 8.36. The number of methoxy groups -OCH3 is 1. The number of nitrogens with one attached hydrogen (secondary N) is 1. The first kappa shape index (κ1) is 16.6. The molecule has 1 N–H and O–H groups in total. The lowest BCUT2D eigenvalue weighted by atomic mass is 9.94. The van der Waals surface area contributed by atoms with Gasteiger partial charge < -0.3 is 19.9 Å². The summed E-state index contributed by atoms with van der Waals surface area (Å²) >= 11 is 0. The molecule has 1 atom stereocenters. The molecule has 0 radical (unpaired) electrons. The molecule has 2 aliphatic heterocycles. The molecule has 5 nitrogen and oxygen atoms in total. The SMILES string of the molecule is CN=C(NCCC1CCN(C)CC1)N1CCC(COC)C1. The monoisotopic (exact) mass is 296 g/mol. The van der Waals surface area contributed by atoms with Crippen molar-refractivity contribution in [3.8, 4) is 0 Å². The van der Waals surface area contributed by atoms with Crippen LogP contribution in [0.25, 0.3) is 0 Å². The summed E-state index contributed by atoms with van der Waals surface area (Å²) in [5.74, 6) is 2.61. The van der Waals surface area contributed by atoms with Crippen molar-refractivity contribution < 1.29 is 4.74 Å². The third-order valence-corrected chi connectivity index (χ3v) is 4.87. The van der Waals surface area contributed by atoms with E-state index in [2.05, 4.69) is 27.2 Å². The van der Waals surface area contributed by atoms with Crippen LogP contribution in [0.1, 0.15) is 25.7 Å². The van der Waals surface area contributed by atoms with Gasteiger partial charge in [0.2, 0.25) is 0 Å².